The Morgan fingerprint density at radius 2 is 2.14 bits per heavy atom. The molecule has 0 amide bonds. The second-order valence-electron chi connectivity index (χ2n) is 4.22. The Hall–Kier alpha value is -0.890. The topological polar surface area (TPSA) is 38.9 Å². The molecule has 1 unspecified atom stereocenters. The Morgan fingerprint density at radius 3 is 2.71 bits per heavy atom. The minimum absolute atomic E-state index is 0.155. The van der Waals surface area contributed by atoms with Crippen molar-refractivity contribution in [1.29, 1.82) is 0 Å². The van der Waals surface area contributed by atoms with Crippen LogP contribution in [0.5, 0.6) is 0 Å². The first-order valence-electron chi connectivity index (χ1n) is 5.35. The van der Waals surface area contributed by atoms with Gasteiger partial charge in [-0.1, -0.05) is 32.8 Å². The summed E-state index contributed by atoms with van der Waals surface area (Å²) in [5, 5.41) is 0. The molecule has 0 fully saturated rings. The summed E-state index contributed by atoms with van der Waals surface area (Å²) in [4.78, 5) is 4.07. The molecule has 0 saturated carbocycles. The number of rotatable bonds is 5. The summed E-state index contributed by atoms with van der Waals surface area (Å²) >= 11 is 0. The van der Waals surface area contributed by atoms with Crippen molar-refractivity contribution >= 4 is 0 Å². The van der Waals surface area contributed by atoms with Crippen LogP contribution in [0.15, 0.2) is 24.5 Å². The van der Waals surface area contributed by atoms with Gasteiger partial charge in [0.15, 0.2) is 0 Å². The van der Waals surface area contributed by atoms with Gasteiger partial charge in [0.2, 0.25) is 0 Å². The third-order valence-corrected chi connectivity index (χ3v) is 2.41. The molecule has 0 bridgehead atoms. The van der Waals surface area contributed by atoms with Crippen LogP contribution in [0.2, 0.25) is 0 Å². The molecule has 2 heteroatoms. The van der Waals surface area contributed by atoms with E-state index in [-0.39, 0.29) is 6.04 Å². The van der Waals surface area contributed by atoms with Gasteiger partial charge in [0.05, 0.1) is 0 Å². The van der Waals surface area contributed by atoms with Crippen molar-refractivity contribution in [3.63, 3.8) is 0 Å². The molecule has 0 radical (unpaired) electrons. The van der Waals surface area contributed by atoms with E-state index in [0.717, 1.165) is 17.9 Å². The van der Waals surface area contributed by atoms with Crippen molar-refractivity contribution in [3.8, 4) is 0 Å². The van der Waals surface area contributed by atoms with Crippen LogP contribution in [-0.2, 0) is 0 Å². The fourth-order valence-corrected chi connectivity index (χ4v) is 1.51. The van der Waals surface area contributed by atoms with Gasteiger partial charge in [0.25, 0.3) is 0 Å². The molecule has 2 nitrogen and oxygen atoms in total. The monoisotopic (exact) mass is 192 g/mol. The average molecular weight is 192 g/mol. The summed E-state index contributed by atoms with van der Waals surface area (Å²) in [5.41, 5.74) is 7.19. The van der Waals surface area contributed by atoms with Gasteiger partial charge in [0.1, 0.15) is 0 Å². The van der Waals surface area contributed by atoms with Crippen LogP contribution in [0.1, 0.15) is 44.7 Å². The highest BCUT2D eigenvalue weighted by Crippen LogP contribution is 2.17. The summed E-state index contributed by atoms with van der Waals surface area (Å²) in [6.45, 7) is 4.49. The van der Waals surface area contributed by atoms with Gasteiger partial charge in [-0.2, -0.15) is 0 Å². The summed E-state index contributed by atoms with van der Waals surface area (Å²) < 4.78 is 0. The lowest BCUT2D eigenvalue weighted by molar-refractivity contribution is 0.505. The summed E-state index contributed by atoms with van der Waals surface area (Å²) in [6, 6.07) is 4.15. The van der Waals surface area contributed by atoms with Gasteiger partial charge in [-0.05, 0) is 24.0 Å². The number of hydrogen-bond acceptors (Lipinski definition) is 2. The molecule has 0 aliphatic rings. The van der Waals surface area contributed by atoms with Gasteiger partial charge >= 0.3 is 0 Å². The molecule has 0 aliphatic carbocycles. The number of nitrogens with two attached hydrogens (primary N) is 1. The van der Waals surface area contributed by atoms with Gasteiger partial charge in [-0.15, -0.1) is 0 Å². The van der Waals surface area contributed by atoms with E-state index in [9.17, 15) is 0 Å². The third-order valence-electron chi connectivity index (χ3n) is 2.41. The second kappa shape index (κ2) is 5.76. The highest BCUT2D eigenvalue weighted by molar-refractivity contribution is 5.12. The summed E-state index contributed by atoms with van der Waals surface area (Å²) in [5.74, 6) is 0.774. The van der Waals surface area contributed by atoms with E-state index in [4.69, 9.17) is 5.73 Å². The zero-order valence-corrected chi connectivity index (χ0v) is 9.11. The first-order chi connectivity index (χ1) is 6.70. The minimum atomic E-state index is 0.155. The van der Waals surface area contributed by atoms with Crippen molar-refractivity contribution in [3.05, 3.63) is 30.1 Å². The first kappa shape index (κ1) is 11.2. The zero-order valence-electron chi connectivity index (χ0n) is 9.11. The number of aromatic nitrogens is 1. The lowest BCUT2D eigenvalue weighted by Crippen LogP contribution is -2.10. The smallest absolute Gasteiger partial charge is 0.0315 e. The van der Waals surface area contributed by atoms with Gasteiger partial charge in [-0.3, -0.25) is 4.98 Å². The van der Waals surface area contributed by atoms with Crippen molar-refractivity contribution in [2.45, 2.75) is 39.2 Å². The normalized spacial score (nSPS) is 13.1. The maximum absolute atomic E-state index is 6.04. The van der Waals surface area contributed by atoms with E-state index in [2.05, 4.69) is 18.8 Å². The largest absolute Gasteiger partial charge is 0.324 e. The quantitative estimate of drug-likeness (QED) is 0.779. The van der Waals surface area contributed by atoms with E-state index >= 15 is 0 Å². The maximum Gasteiger partial charge on any atom is 0.0315 e. The number of nitrogens with zero attached hydrogens (tertiary/aromatic N) is 1. The lowest BCUT2D eigenvalue weighted by Gasteiger charge is -2.11. The fraction of sp³-hybridized carbons (Fsp3) is 0.583. The highest BCUT2D eigenvalue weighted by atomic mass is 14.7. The molecule has 78 valence electrons. The number of hydrogen-bond donors (Lipinski definition) is 1. The molecule has 0 aromatic carbocycles. The van der Waals surface area contributed by atoms with Crippen LogP contribution in [0.3, 0.4) is 0 Å². The third kappa shape index (κ3) is 3.88. The molecule has 1 aromatic rings. The van der Waals surface area contributed by atoms with Crippen molar-refractivity contribution < 1.29 is 0 Å². The van der Waals surface area contributed by atoms with Crippen LogP contribution < -0.4 is 5.73 Å². The second-order valence-corrected chi connectivity index (χ2v) is 4.22. The molecule has 1 aromatic heterocycles. The Labute approximate surface area is 86.5 Å². The Kier molecular flexibility index (Phi) is 4.60. The standard InChI is InChI=1S/C12H20N2/c1-10(2)5-3-7-12(13)11-6-4-8-14-9-11/h4,6,8-10,12H,3,5,7,13H2,1-2H3. The van der Waals surface area contributed by atoms with E-state index in [1.165, 1.54) is 12.8 Å². The molecule has 1 heterocycles. The van der Waals surface area contributed by atoms with Crippen LogP contribution in [0.25, 0.3) is 0 Å². The van der Waals surface area contributed by atoms with Crippen molar-refractivity contribution in [2.75, 3.05) is 0 Å². The highest BCUT2D eigenvalue weighted by Gasteiger charge is 2.05. The van der Waals surface area contributed by atoms with Gasteiger partial charge < -0.3 is 5.73 Å². The predicted octanol–water partition coefficient (Wildman–Crippen LogP) is 2.91. The van der Waals surface area contributed by atoms with Crippen LogP contribution >= 0.6 is 0 Å². The zero-order chi connectivity index (χ0) is 10.4. The number of pyridine rings is 1. The molecule has 14 heavy (non-hydrogen) atoms. The van der Waals surface area contributed by atoms with Gasteiger partial charge in [0, 0.05) is 18.4 Å². The summed E-state index contributed by atoms with van der Waals surface area (Å²) in [6.07, 6.45) is 7.16. The molecule has 1 atom stereocenters. The Bertz CT molecular complexity index is 244. The predicted molar refractivity (Wildman–Crippen MR) is 59.9 cm³/mol. The van der Waals surface area contributed by atoms with Crippen LogP contribution in [-0.4, -0.2) is 4.98 Å². The van der Waals surface area contributed by atoms with Crippen LogP contribution in [0, 0.1) is 5.92 Å². The van der Waals surface area contributed by atoms with E-state index < -0.39 is 0 Å². The molecule has 0 saturated heterocycles. The molecule has 1 rings (SSSR count). The molecular formula is C12H20N2. The van der Waals surface area contributed by atoms with Crippen LogP contribution in [0.4, 0.5) is 0 Å². The first-order valence-corrected chi connectivity index (χ1v) is 5.35. The molecule has 0 spiro atoms. The SMILES string of the molecule is CC(C)CCCC(N)c1cccnc1. The Morgan fingerprint density at radius 1 is 1.36 bits per heavy atom. The molecule has 2 N–H and O–H groups in total. The average Bonchev–Trinajstić information content (AvgIpc) is 2.18. The van der Waals surface area contributed by atoms with Gasteiger partial charge in [-0.25, -0.2) is 0 Å². The lowest BCUT2D eigenvalue weighted by atomic mass is 10.00. The van der Waals surface area contributed by atoms with Crippen molar-refractivity contribution in [2.24, 2.45) is 11.7 Å². The fourth-order valence-electron chi connectivity index (χ4n) is 1.51. The van der Waals surface area contributed by atoms with Crippen molar-refractivity contribution in [1.82, 2.24) is 4.98 Å². The summed E-state index contributed by atoms with van der Waals surface area (Å²) in [7, 11) is 0. The molecule has 0 aliphatic heterocycles. The maximum atomic E-state index is 6.04. The Balaban J connectivity index is 2.32. The molecular weight excluding hydrogens is 172 g/mol. The minimum Gasteiger partial charge on any atom is -0.324 e. The van der Waals surface area contributed by atoms with E-state index in [1.807, 2.05) is 18.3 Å². The van der Waals surface area contributed by atoms with E-state index in [1.54, 1.807) is 6.20 Å². The van der Waals surface area contributed by atoms with E-state index in [0.29, 0.717) is 0 Å².